The number of non-ortho nitro benzene ring substituents is 1. The molecule has 1 aromatic carbocycles. The fourth-order valence-electron chi connectivity index (χ4n) is 2.38. The van der Waals surface area contributed by atoms with E-state index in [2.05, 4.69) is 0 Å². The molecule has 1 aromatic rings. The van der Waals surface area contributed by atoms with Gasteiger partial charge in [0.05, 0.1) is 12.0 Å². The van der Waals surface area contributed by atoms with E-state index in [0.29, 0.717) is 11.3 Å². The van der Waals surface area contributed by atoms with E-state index in [-0.39, 0.29) is 11.8 Å². The van der Waals surface area contributed by atoms with E-state index in [4.69, 9.17) is 14.2 Å². The summed E-state index contributed by atoms with van der Waals surface area (Å²) in [6.07, 6.45) is -0.817. The average molecular weight is 265 g/mol. The second-order valence-electron chi connectivity index (χ2n) is 4.66. The second kappa shape index (κ2) is 3.67. The molecule has 2 aliphatic heterocycles. The number of nitrogens with zero attached hydrogens (tertiary/aromatic N) is 1. The van der Waals surface area contributed by atoms with E-state index in [9.17, 15) is 14.9 Å². The summed E-state index contributed by atoms with van der Waals surface area (Å²) in [6.45, 7) is 1.59. The minimum absolute atomic E-state index is 0.0294. The van der Waals surface area contributed by atoms with Crippen molar-refractivity contribution in [3.8, 4) is 5.75 Å². The van der Waals surface area contributed by atoms with Gasteiger partial charge in [0.1, 0.15) is 18.0 Å². The molecule has 1 fully saturated rings. The number of hydrogen-bond donors (Lipinski definition) is 0. The van der Waals surface area contributed by atoms with Gasteiger partial charge in [0.25, 0.3) is 5.69 Å². The lowest BCUT2D eigenvalue weighted by molar-refractivity contribution is -0.385. The Labute approximate surface area is 108 Å². The average Bonchev–Trinajstić information content (AvgIpc) is 3.18. The van der Waals surface area contributed by atoms with Crippen molar-refractivity contribution < 1.29 is 23.9 Å². The number of esters is 1. The van der Waals surface area contributed by atoms with Crippen LogP contribution in [0.5, 0.6) is 5.75 Å². The zero-order valence-corrected chi connectivity index (χ0v) is 10.3. The molecule has 7 heteroatoms. The van der Waals surface area contributed by atoms with Crippen LogP contribution in [-0.4, -0.2) is 29.7 Å². The predicted octanol–water partition coefficient (Wildman–Crippen LogP) is 1.36. The molecule has 0 saturated carbocycles. The Balaban J connectivity index is 2.01. The summed E-state index contributed by atoms with van der Waals surface area (Å²) >= 11 is 0. The van der Waals surface area contributed by atoms with Gasteiger partial charge in [0.2, 0.25) is 5.60 Å². The quantitative estimate of drug-likeness (QED) is 0.347. The number of benzene rings is 1. The molecule has 0 aliphatic carbocycles. The first-order valence-electron chi connectivity index (χ1n) is 5.68. The van der Waals surface area contributed by atoms with Crippen molar-refractivity contribution in [1.29, 1.82) is 0 Å². The molecule has 0 aromatic heterocycles. The number of epoxide rings is 1. The van der Waals surface area contributed by atoms with Crippen molar-refractivity contribution in [1.82, 2.24) is 0 Å². The summed E-state index contributed by atoms with van der Waals surface area (Å²) in [5.41, 5.74) is -0.637. The van der Waals surface area contributed by atoms with Gasteiger partial charge in [-0.25, -0.2) is 4.79 Å². The van der Waals surface area contributed by atoms with Crippen LogP contribution in [0.1, 0.15) is 18.6 Å². The molecule has 3 unspecified atom stereocenters. The third-order valence-electron chi connectivity index (χ3n) is 3.46. The Hall–Kier alpha value is -2.15. The maximum atomic E-state index is 11.8. The minimum atomic E-state index is -1.21. The molecule has 3 atom stereocenters. The Bertz CT molecular complexity index is 586. The van der Waals surface area contributed by atoms with Crippen LogP contribution in [0.4, 0.5) is 5.69 Å². The van der Waals surface area contributed by atoms with Gasteiger partial charge >= 0.3 is 5.97 Å². The van der Waals surface area contributed by atoms with E-state index in [1.807, 2.05) is 0 Å². The van der Waals surface area contributed by atoms with Crippen molar-refractivity contribution in [2.24, 2.45) is 0 Å². The van der Waals surface area contributed by atoms with Crippen LogP contribution in [0.15, 0.2) is 18.2 Å². The molecule has 2 heterocycles. The fraction of sp³-hybridized carbons (Fsp3) is 0.417. The monoisotopic (exact) mass is 265 g/mol. The molecule has 100 valence electrons. The van der Waals surface area contributed by atoms with Gasteiger partial charge in [-0.2, -0.15) is 0 Å². The molecule has 1 saturated heterocycles. The summed E-state index contributed by atoms with van der Waals surface area (Å²) in [6, 6.07) is 4.22. The SMILES string of the molecule is COC(=O)C1(C)Oc2ccc([N+](=O)[O-])cc2C2OC21. The van der Waals surface area contributed by atoms with Gasteiger partial charge in [-0.3, -0.25) is 10.1 Å². The van der Waals surface area contributed by atoms with Gasteiger partial charge in [0.15, 0.2) is 0 Å². The zero-order chi connectivity index (χ0) is 13.8. The maximum Gasteiger partial charge on any atom is 0.352 e. The van der Waals surface area contributed by atoms with E-state index < -0.39 is 22.6 Å². The normalized spacial score (nSPS) is 30.6. The van der Waals surface area contributed by atoms with Crippen LogP contribution in [0.3, 0.4) is 0 Å². The van der Waals surface area contributed by atoms with Gasteiger partial charge in [-0.1, -0.05) is 0 Å². The topological polar surface area (TPSA) is 91.2 Å². The first-order valence-corrected chi connectivity index (χ1v) is 5.68. The molecule has 0 radical (unpaired) electrons. The van der Waals surface area contributed by atoms with E-state index in [1.54, 1.807) is 6.92 Å². The van der Waals surface area contributed by atoms with Crippen LogP contribution >= 0.6 is 0 Å². The molecule has 0 amide bonds. The number of carbonyl (C=O) groups is 1. The number of ether oxygens (including phenoxy) is 3. The van der Waals surface area contributed by atoms with Crippen LogP contribution in [-0.2, 0) is 14.3 Å². The molecule has 19 heavy (non-hydrogen) atoms. The molecule has 0 N–H and O–H groups in total. The highest BCUT2D eigenvalue weighted by atomic mass is 16.7. The van der Waals surface area contributed by atoms with Gasteiger partial charge < -0.3 is 14.2 Å². The lowest BCUT2D eigenvalue weighted by atomic mass is 9.92. The Morgan fingerprint density at radius 3 is 2.89 bits per heavy atom. The number of hydrogen-bond acceptors (Lipinski definition) is 6. The third kappa shape index (κ3) is 1.58. The van der Waals surface area contributed by atoms with Gasteiger partial charge in [0, 0.05) is 17.7 Å². The summed E-state index contributed by atoms with van der Waals surface area (Å²) in [5, 5.41) is 10.7. The second-order valence-corrected chi connectivity index (χ2v) is 4.66. The summed E-state index contributed by atoms with van der Waals surface area (Å²) in [5.74, 6) is -0.110. The molecular formula is C12H11NO6. The summed E-state index contributed by atoms with van der Waals surface area (Å²) in [4.78, 5) is 22.0. The standard InChI is InChI=1S/C12H11NO6/c1-12(11(14)17-2)10-9(18-10)7-5-6(13(15)16)3-4-8(7)19-12/h3-5,9-10H,1-2H3. The lowest BCUT2D eigenvalue weighted by Crippen LogP contribution is -2.49. The first kappa shape index (κ1) is 11.9. The van der Waals surface area contributed by atoms with E-state index >= 15 is 0 Å². The number of methoxy groups -OCH3 is 1. The Morgan fingerprint density at radius 2 is 2.26 bits per heavy atom. The highest BCUT2D eigenvalue weighted by molar-refractivity contribution is 5.82. The van der Waals surface area contributed by atoms with Crippen LogP contribution < -0.4 is 4.74 Å². The van der Waals surface area contributed by atoms with Gasteiger partial charge in [-0.15, -0.1) is 0 Å². The molecule has 7 nitrogen and oxygen atoms in total. The molecular weight excluding hydrogens is 254 g/mol. The van der Waals surface area contributed by atoms with E-state index in [0.717, 1.165) is 0 Å². The molecule has 3 rings (SSSR count). The largest absolute Gasteiger partial charge is 0.473 e. The summed E-state index contributed by atoms with van der Waals surface area (Å²) < 4.78 is 15.8. The van der Waals surface area contributed by atoms with Crippen LogP contribution in [0.2, 0.25) is 0 Å². The van der Waals surface area contributed by atoms with Crippen molar-refractivity contribution in [2.75, 3.05) is 7.11 Å². The Kier molecular flexibility index (Phi) is 2.30. The van der Waals surface area contributed by atoms with Crippen LogP contribution in [0, 0.1) is 10.1 Å². The van der Waals surface area contributed by atoms with E-state index in [1.165, 1.54) is 25.3 Å². The number of nitro groups is 1. The number of rotatable bonds is 2. The number of carbonyl (C=O) groups excluding carboxylic acids is 1. The summed E-state index contributed by atoms with van der Waals surface area (Å²) in [7, 11) is 1.28. The van der Waals surface area contributed by atoms with Crippen molar-refractivity contribution in [2.45, 2.75) is 24.7 Å². The number of fused-ring (bicyclic) bond motifs is 3. The fourth-order valence-corrected chi connectivity index (χ4v) is 2.38. The smallest absolute Gasteiger partial charge is 0.352 e. The zero-order valence-electron chi connectivity index (χ0n) is 10.3. The Morgan fingerprint density at radius 1 is 1.53 bits per heavy atom. The lowest BCUT2D eigenvalue weighted by Gasteiger charge is -2.30. The highest BCUT2D eigenvalue weighted by Gasteiger charge is 2.63. The predicted molar refractivity (Wildman–Crippen MR) is 61.8 cm³/mol. The first-order chi connectivity index (χ1) is 8.97. The van der Waals surface area contributed by atoms with Crippen LogP contribution in [0.25, 0.3) is 0 Å². The number of nitro benzene ring substituents is 1. The maximum absolute atomic E-state index is 11.8. The molecule has 2 aliphatic rings. The van der Waals surface area contributed by atoms with Crippen molar-refractivity contribution in [3.05, 3.63) is 33.9 Å². The van der Waals surface area contributed by atoms with Crippen molar-refractivity contribution >= 4 is 11.7 Å². The third-order valence-corrected chi connectivity index (χ3v) is 3.46. The highest BCUT2D eigenvalue weighted by Crippen LogP contribution is 2.54. The molecule has 0 bridgehead atoms. The van der Waals surface area contributed by atoms with Gasteiger partial charge in [-0.05, 0) is 13.0 Å². The molecule has 0 spiro atoms. The minimum Gasteiger partial charge on any atom is -0.473 e. The van der Waals surface area contributed by atoms with Crippen molar-refractivity contribution in [3.63, 3.8) is 0 Å².